The van der Waals surface area contributed by atoms with Gasteiger partial charge < -0.3 is 15.5 Å². The van der Waals surface area contributed by atoms with Gasteiger partial charge in [0, 0.05) is 31.0 Å². The van der Waals surface area contributed by atoms with Gasteiger partial charge in [-0.15, -0.1) is 0 Å². The van der Waals surface area contributed by atoms with Crippen LogP contribution in [0, 0.1) is 0 Å². The van der Waals surface area contributed by atoms with Gasteiger partial charge in [0.15, 0.2) is 0 Å². The van der Waals surface area contributed by atoms with E-state index in [0.29, 0.717) is 11.3 Å². The van der Waals surface area contributed by atoms with Gasteiger partial charge in [0.2, 0.25) is 0 Å². The average molecular weight is 385 g/mol. The number of amides is 2. The van der Waals surface area contributed by atoms with Gasteiger partial charge in [-0.2, -0.15) is 0 Å². The molecule has 2 amide bonds. The first kappa shape index (κ1) is 19.9. The topological polar surface area (TPSA) is 61.4 Å². The highest BCUT2D eigenvalue weighted by atomic mass is 16.2. The number of rotatable bonds is 6. The van der Waals surface area contributed by atoms with E-state index in [9.17, 15) is 9.59 Å². The molecule has 3 aromatic carbocycles. The van der Waals surface area contributed by atoms with Crippen LogP contribution in [-0.4, -0.2) is 25.9 Å². The van der Waals surface area contributed by atoms with Crippen molar-refractivity contribution in [3.05, 3.63) is 102 Å². The van der Waals surface area contributed by atoms with Gasteiger partial charge in [-0.05, 0) is 48.0 Å². The average Bonchev–Trinajstić information content (AvgIpc) is 2.75. The van der Waals surface area contributed by atoms with Crippen molar-refractivity contribution in [1.29, 1.82) is 0 Å². The number of benzene rings is 3. The molecule has 0 aliphatic rings. The Hall–Kier alpha value is -3.86. The molecule has 2 N–H and O–H groups in total. The number of carbonyl (C=O) groups is 2. The Kier molecular flexibility index (Phi) is 6.43. The predicted octanol–water partition coefficient (Wildman–Crippen LogP) is 4.16. The summed E-state index contributed by atoms with van der Waals surface area (Å²) in [6.45, 7) is 0. The van der Waals surface area contributed by atoms with Crippen molar-refractivity contribution in [2.24, 2.45) is 0 Å². The molecule has 3 rings (SSSR count). The monoisotopic (exact) mass is 385 g/mol. The molecule has 0 aromatic heterocycles. The van der Waals surface area contributed by atoms with Crippen LogP contribution in [0.25, 0.3) is 6.08 Å². The van der Waals surface area contributed by atoms with Crippen molar-refractivity contribution in [1.82, 2.24) is 5.32 Å². The molecule has 0 heterocycles. The van der Waals surface area contributed by atoms with Crippen LogP contribution < -0.4 is 15.5 Å². The van der Waals surface area contributed by atoms with Gasteiger partial charge >= 0.3 is 0 Å². The maximum absolute atomic E-state index is 12.9. The van der Waals surface area contributed by atoms with E-state index in [1.54, 1.807) is 42.5 Å². The Labute approximate surface area is 170 Å². The van der Waals surface area contributed by atoms with Crippen molar-refractivity contribution in [2.75, 3.05) is 24.3 Å². The van der Waals surface area contributed by atoms with Gasteiger partial charge in [-0.25, -0.2) is 0 Å². The molecule has 3 aromatic rings. The van der Waals surface area contributed by atoms with Crippen LogP contribution in [0.4, 0.5) is 11.4 Å². The summed E-state index contributed by atoms with van der Waals surface area (Å²) in [6.07, 6.45) is 1.67. The molecule has 0 radical (unpaired) electrons. The van der Waals surface area contributed by atoms with Crippen LogP contribution in [-0.2, 0) is 4.79 Å². The molecule has 0 unspecified atom stereocenters. The summed E-state index contributed by atoms with van der Waals surface area (Å²) in [5.41, 5.74) is 3.16. The number of anilines is 2. The van der Waals surface area contributed by atoms with Gasteiger partial charge in [0.25, 0.3) is 11.8 Å². The van der Waals surface area contributed by atoms with Crippen LogP contribution in [0.3, 0.4) is 0 Å². The lowest BCUT2D eigenvalue weighted by atomic mass is 10.1. The van der Waals surface area contributed by atoms with E-state index in [1.165, 1.54) is 0 Å². The highest BCUT2D eigenvalue weighted by molar-refractivity contribution is 6.10. The molecule has 0 aliphatic carbocycles. The van der Waals surface area contributed by atoms with Crippen LogP contribution >= 0.6 is 0 Å². The minimum Gasteiger partial charge on any atom is -0.378 e. The maximum atomic E-state index is 12.9. The fourth-order valence-corrected chi connectivity index (χ4v) is 2.70. The highest BCUT2D eigenvalue weighted by Gasteiger charge is 2.15. The van der Waals surface area contributed by atoms with E-state index in [2.05, 4.69) is 10.6 Å². The lowest BCUT2D eigenvalue weighted by Gasteiger charge is -2.13. The molecule has 0 fully saturated rings. The molecule has 5 nitrogen and oxygen atoms in total. The second-order valence-corrected chi connectivity index (χ2v) is 6.68. The summed E-state index contributed by atoms with van der Waals surface area (Å²) >= 11 is 0. The Balaban J connectivity index is 1.87. The summed E-state index contributed by atoms with van der Waals surface area (Å²) in [6, 6.07) is 25.6. The van der Waals surface area contributed by atoms with E-state index in [1.807, 2.05) is 67.5 Å². The predicted molar refractivity (Wildman–Crippen MR) is 118 cm³/mol. The largest absolute Gasteiger partial charge is 0.378 e. The van der Waals surface area contributed by atoms with E-state index < -0.39 is 5.91 Å². The summed E-state index contributed by atoms with van der Waals surface area (Å²) in [5, 5.41) is 5.56. The standard InChI is InChI=1S/C24H23N3O2/c1-27(2)21-15-13-18(14-16-21)17-22(24(29)25-20-11-7-4-8-12-20)26-23(28)19-9-5-3-6-10-19/h3-17H,1-2H3,(H,25,29)(H,26,28)/b22-17-. The molecule has 5 heteroatoms. The summed E-state index contributed by atoms with van der Waals surface area (Å²) in [5.74, 6) is -0.734. The lowest BCUT2D eigenvalue weighted by molar-refractivity contribution is -0.113. The molecule has 146 valence electrons. The summed E-state index contributed by atoms with van der Waals surface area (Å²) in [4.78, 5) is 27.5. The first-order chi connectivity index (χ1) is 14.0. The van der Waals surface area contributed by atoms with Crippen LogP contribution in [0.2, 0.25) is 0 Å². The van der Waals surface area contributed by atoms with Crippen LogP contribution in [0.15, 0.2) is 90.6 Å². The van der Waals surface area contributed by atoms with Crippen molar-refractivity contribution in [3.8, 4) is 0 Å². The quantitative estimate of drug-likeness (QED) is 0.626. The van der Waals surface area contributed by atoms with E-state index in [-0.39, 0.29) is 11.6 Å². The number of nitrogens with one attached hydrogen (secondary N) is 2. The maximum Gasteiger partial charge on any atom is 0.272 e. The van der Waals surface area contributed by atoms with Gasteiger partial charge in [-0.1, -0.05) is 48.5 Å². The fraction of sp³-hybridized carbons (Fsp3) is 0.0833. The molecular formula is C24H23N3O2. The first-order valence-corrected chi connectivity index (χ1v) is 9.25. The van der Waals surface area contributed by atoms with Crippen molar-refractivity contribution in [2.45, 2.75) is 0 Å². The first-order valence-electron chi connectivity index (χ1n) is 9.25. The summed E-state index contributed by atoms with van der Waals surface area (Å²) in [7, 11) is 3.92. The van der Waals surface area contributed by atoms with Crippen LogP contribution in [0.5, 0.6) is 0 Å². The zero-order valence-corrected chi connectivity index (χ0v) is 16.4. The van der Waals surface area contributed by atoms with Gasteiger partial charge in [0.1, 0.15) is 5.70 Å². The second kappa shape index (κ2) is 9.37. The third-order valence-corrected chi connectivity index (χ3v) is 4.28. The highest BCUT2D eigenvalue weighted by Crippen LogP contribution is 2.15. The molecule has 0 spiro atoms. The number of nitrogens with zero attached hydrogens (tertiary/aromatic N) is 1. The van der Waals surface area contributed by atoms with Crippen LogP contribution in [0.1, 0.15) is 15.9 Å². The summed E-state index contributed by atoms with van der Waals surface area (Å²) < 4.78 is 0. The molecule has 0 aliphatic heterocycles. The Morgan fingerprint density at radius 3 is 1.97 bits per heavy atom. The van der Waals surface area contributed by atoms with Gasteiger partial charge in [-0.3, -0.25) is 9.59 Å². The number of hydrogen-bond acceptors (Lipinski definition) is 3. The second-order valence-electron chi connectivity index (χ2n) is 6.68. The SMILES string of the molecule is CN(C)c1ccc(/C=C(\NC(=O)c2ccccc2)C(=O)Nc2ccccc2)cc1. The lowest BCUT2D eigenvalue weighted by Crippen LogP contribution is -2.30. The number of hydrogen-bond donors (Lipinski definition) is 2. The molecule has 0 bridgehead atoms. The molecular weight excluding hydrogens is 362 g/mol. The van der Waals surface area contributed by atoms with Crippen molar-refractivity contribution in [3.63, 3.8) is 0 Å². The molecule has 0 saturated heterocycles. The smallest absolute Gasteiger partial charge is 0.272 e. The van der Waals surface area contributed by atoms with Crippen molar-refractivity contribution >= 4 is 29.3 Å². The Morgan fingerprint density at radius 1 is 0.793 bits per heavy atom. The third-order valence-electron chi connectivity index (χ3n) is 4.28. The molecule has 0 atom stereocenters. The normalized spacial score (nSPS) is 10.9. The molecule has 0 saturated carbocycles. The van der Waals surface area contributed by atoms with E-state index in [4.69, 9.17) is 0 Å². The van der Waals surface area contributed by atoms with Gasteiger partial charge in [0.05, 0.1) is 0 Å². The zero-order valence-electron chi connectivity index (χ0n) is 16.4. The van der Waals surface area contributed by atoms with E-state index >= 15 is 0 Å². The molecule has 29 heavy (non-hydrogen) atoms. The third kappa shape index (κ3) is 5.56. The number of para-hydroxylation sites is 1. The minimum atomic E-state index is -0.392. The zero-order chi connectivity index (χ0) is 20.6. The minimum absolute atomic E-state index is 0.167. The van der Waals surface area contributed by atoms with Crippen molar-refractivity contribution < 1.29 is 9.59 Å². The Morgan fingerprint density at radius 2 is 1.38 bits per heavy atom. The Bertz CT molecular complexity index is 995. The number of carbonyl (C=O) groups excluding carboxylic acids is 2. The van der Waals surface area contributed by atoms with E-state index in [0.717, 1.165) is 11.3 Å². The fourth-order valence-electron chi connectivity index (χ4n) is 2.70.